The predicted molar refractivity (Wildman–Crippen MR) is 58.3 cm³/mol. The number of benzene rings is 1. The summed E-state index contributed by atoms with van der Waals surface area (Å²) in [5.41, 5.74) is 1.54. The molecule has 0 radical (unpaired) electrons. The van der Waals surface area contributed by atoms with Crippen molar-refractivity contribution in [3.05, 3.63) is 35.4 Å². The fourth-order valence-corrected chi connectivity index (χ4v) is 1.59. The van der Waals surface area contributed by atoms with Crippen molar-refractivity contribution in [3.63, 3.8) is 0 Å². The average Bonchev–Trinajstić information content (AvgIpc) is 2.25. The summed E-state index contributed by atoms with van der Waals surface area (Å²) in [4.78, 5) is 11.4. The van der Waals surface area contributed by atoms with Gasteiger partial charge in [0.15, 0.2) is 0 Å². The van der Waals surface area contributed by atoms with E-state index in [9.17, 15) is 4.79 Å². The molecule has 0 aliphatic heterocycles. The Morgan fingerprint density at radius 3 is 2.56 bits per heavy atom. The minimum Gasteiger partial charge on any atom is -0.461 e. The minimum atomic E-state index is -0.0874. The second-order valence-electron chi connectivity index (χ2n) is 4.04. The van der Waals surface area contributed by atoms with Gasteiger partial charge >= 0.3 is 5.97 Å². The molecule has 82 valence electrons. The zero-order chi connectivity index (χ0) is 11.4. The normalized spacial score (nSPS) is 14.9. The van der Waals surface area contributed by atoms with Gasteiger partial charge in [-0.2, -0.15) is 5.26 Å². The summed E-state index contributed by atoms with van der Waals surface area (Å²) >= 11 is 0. The third kappa shape index (κ3) is 2.40. The molecule has 0 bridgehead atoms. The monoisotopic (exact) mass is 215 g/mol. The highest BCUT2D eigenvalue weighted by atomic mass is 16.5. The van der Waals surface area contributed by atoms with Gasteiger partial charge in [-0.3, -0.25) is 4.79 Å². The zero-order valence-corrected chi connectivity index (χ0v) is 8.98. The quantitative estimate of drug-likeness (QED) is 0.727. The lowest BCUT2D eigenvalue weighted by atomic mass is 9.86. The highest BCUT2D eigenvalue weighted by molar-refractivity contribution is 5.73. The Balaban J connectivity index is 1.84. The number of carbonyl (C=O) groups excluding carboxylic acids is 1. The molecule has 0 spiro atoms. The molecule has 3 heteroatoms. The maximum Gasteiger partial charge on any atom is 0.309 e. The van der Waals surface area contributed by atoms with Gasteiger partial charge in [0, 0.05) is 0 Å². The summed E-state index contributed by atoms with van der Waals surface area (Å²) in [6.45, 7) is 0.307. The lowest BCUT2D eigenvalue weighted by molar-refractivity contribution is -0.152. The smallest absolute Gasteiger partial charge is 0.309 e. The molecule has 1 aromatic carbocycles. The van der Waals surface area contributed by atoms with E-state index in [1.165, 1.54) is 0 Å². The van der Waals surface area contributed by atoms with Crippen molar-refractivity contribution < 1.29 is 9.53 Å². The summed E-state index contributed by atoms with van der Waals surface area (Å²) in [7, 11) is 0. The molecule has 0 atom stereocenters. The van der Waals surface area contributed by atoms with Crippen molar-refractivity contribution in [2.24, 2.45) is 5.92 Å². The molecule has 1 saturated carbocycles. The first-order valence-electron chi connectivity index (χ1n) is 5.45. The highest BCUT2D eigenvalue weighted by Crippen LogP contribution is 2.27. The Kier molecular flexibility index (Phi) is 3.21. The topological polar surface area (TPSA) is 50.1 Å². The molecule has 0 heterocycles. The number of carbonyl (C=O) groups is 1. The zero-order valence-electron chi connectivity index (χ0n) is 8.98. The lowest BCUT2D eigenvalue weighted by Crippen LogP contribution is -2.23. The number of rotatable bonds is 3. The summed E-state index contributed by atoms with van der Waals surface area (Å²) in [6, 6.07) is 9.13. The second kappa shape index (κ2) is 4.80. The first-order valence-corrected chi connectivity index (χ1v) is 5.45. The molecule has 3 nitrogen and oxygen atoms in total. The van der Waals surface area contributed by atoms with Crippen LogP contribution in [0, 0.1) is 17.2 Å². The van der Waals surface area contributed by atoms with E-state index in [4.69, 9.17) is 10.00 Å². The SMILES string of the molecule is N#Cc1ccc(COC(=O)C2CCC2)cc1. The van der Waals surface area contributed by atoms with Gasteiger partial charge in [0.05, 0.1) is 17.6 Å². The van der Waals surface area contributed by atoms with Gasteiger partial charge in [0.2, 0.25) is 0 Å². The van der Waals surface area contributed by atoms with Crippen LogP contribution in [0.25, 0.3) is 0 Å². The molecule has 1 aromatic rings. The lowest BCUT2D eigenvalue weighted by Gasteiger charge is -2.23. The van der Waals surface area contributed by atoms with Gasteiger partial charge in [-0.15, -0.1) is 0 Å². The van der Waals surface area contributed by atoms with Crippen molar-refractivity contribution >= 4 is 5.97 Å². The minimum absolute atomic E-state index is 0.0874. The van der Waals surface area contributed by atoms with Crippen LogP contribution in [0.5, 0.6) is 0 Å². The van der Waals surface area contributed by atoms with Crippen LogP contribution in [0.15, 0.2) is 24.3 Å². The summed E-state index contributed by atoms with van der Waals surface area (Å²) in [5.74, 6) is 0.0361. The van der Waals surface area contributed by atoms with Gasteiger partial charge in [0.1, 0.15) is 6.61 Å². The molecule has 16 heavy (non-hydrogen) atoms. The molecule has 1 fully saturated rings. The van der Waals surface area contributed by atoms with Crippen molar-refractivity contribution in [1.82, 2.24) is 0 Å². The van der Waals surface area contributed by atoms with Crippen LogP contribution in [0.1, 0.15) is 30.4 Å². The number of ether oxygens (including phenoxy) is 1. The van der Waals surface area contributed by atoms with E-state index in [-0.39, 0.29) is 11.9 Å². The molecule has 1 aliphatic rings. The van der Waals surface area contributed by atoms with Crippen molar-refractivity contribution in [2.45, 2.75) is 25.9 Å². The van der Waals surface area contributed by atoms with Gasteiger partial charge in [-0.25, -0.2) is 0 Å². The van der Waals surface area contributed by atoms with Gasteiger partial charge in [-0.1, -0.05) is 18.6 Å². The first kappa shape index (κ1) is 10.7. The number of nitriles is 1. The largest absolute Gasteiger partial charge is 0.461 e. The van der Waals surface area contributed by atoms with Crippen LogP contribution in [-0.2, 0) is 16.1 Å². The van der Waals surface area contributed by atoms with Gasteiger partial charge in [-0.05, 0) is 30.5 Å². The number of hydrogen-bond donors (Lipinski definition) is 0. The Morgan fingerprint density at radius 1 is 1.38 bits per heavy atom. The molecule has 0 unspecified atom stereocenters. The maximum atomic E-state index is 11.4. The van der Waals surface area contributed by atoms with Gasteiger partial charge < -0.3 is 4.74 Å². The molecular weight excluding hydrogens is 202 g/mol. The Morgan fingerprint density at radius 2 is 2.06 bits per heavy atom. The molecule has 1 aliphatic carbocycles. The van der Waals surface area contributed by atoms with Crippen LogP contribution in [0.2, 0.25) is 0 Å². The summed E-state index contributed by atoms with van der Waals surface area (Å²) in [5, 5.41) is 8.62. The second-order valence-corrected chi connectivity index (χ2v) is 4.04. The Hall–Kier alpha value is -1.82. The van der Waals surface area contributed by atoms with Crippen LogP contribution in [-0.4, -0.2) is 5.97 Å². The first-order chi connectivity index (χ1) is 7.79. The Bertz CT molecular complexity index is 413. The van der Waals surface area contributed by atoms with Crippen LogP contribution in [0.4, 0.5) is 0 Å². The maximum absolute atomic E-state index is 11.4. The van der Waals surface area contributed by atoms with E-state index in [1.807, 2.05) is 18.2 Å². The van der Waals surface area contributed by atoms with Gasteiger partial charge in [0.25, 0.3) is 0 Å². The fraction of sp³-hybridized carbons (Fsp3) is 0.385. The van der Waals surface area contributed by atoms with Crippen molar-refractivity contribution in [3.8, 4) is 6.07 Å². The van der Waals surface area contributed by atoms with Crippen LogP contribution >= 0.6 is 0 Å². The number of hydrogen-bond acceptors (Lipinski definition) is 3. The third-order valence-electron chi connectivity index (χ3n) is 2.90. The van der Waals surface area contributed by atoms with Crippen LogP contribution in [0.3, 0.4) is 0 Å². The molecule has 0 saturated heterocycles. The van der Waals surface area contributed by atoms with Crippen molar-refractivity contribution in [2.75, 3.05) is 0 Å². The molecule has 0 aromatic heterocycles. The molecular formula is C13H13NO2. The molecule has 0 N–H and O–H groups in total. The number of nitrogens with zero attached hydrogens (tertiary/aromatic N) is 1. The predicted octanol–water partition coefficient (Wildman–Crippen LogP) is 2.40. The Labute approximate surface area is 94.6 Å². The van der Waals surface area contributed by atoms with E-state index in [0.29, 0.717) is 12.2 Å². The fourth-order valence-electron chi connectivity index (χ4n) is 1.59. The van der Waals surface area contributed by atoms with E-state index in [1.54, 1.807) is 12.1 Å². The summed E-state index contributed by atoms with van der Waals surface area (Å²) in [6.07, 6.45) is 3.06. The van der Waals surface area contributed by atoms with E-state index in [2.05, 4.69) is 0 Å². The van der Waals surface area contributed by atoms with E-state index < -0.39 is 0 Å². The van der Waals surface area contributed by atoms with Crippen molar-refractivity contribution in [1.29, 1.82) is 5.26 Å². The third-order valence-corrected chi connectivity index (χ3v) is 2.90. The molecule has 0 amide bonds. The number of esters is 1. The standard InChI is InChI=1S/C13H13NO2/c14-8-10-4-6-11(7-5-10)9-16-13(15)12-2-1-3-12/h4-7,12H,1-3,9H2. The van der Waals surface area contributed by atoms with E-state index in [0.717, 1.165) is 24.8 Å². The van der Waals surface area contributed by atoms with Crippen LogP contribution < -0.4 is 0 Å². The molecule has 2 rings (SSSR count). The average molecular weight is 215 g/mol. The van der Waals surface area contributed by atoms with E-state index >= 15 is 0 Å². The highest BCUT2D eigenvalue weighted by Gasteiger charge is 2.26. The summed E-state index contributed by atoms with van der Waals surface area (Å²) < 4.78 is 5.18.